The molecule has 66 valence electrons. The third-order valence-corrected chi connectivity index (χ3v) is 1.67. The van der Waals surface area contributed by atoms with Crippen LogP contribution in [0.4, 0.5) is 5.82 Å². The topological polar surface area (TPSA) is 69.6 Å². The fraction of sp³-hybridized carbons (Fsp3) is 0. The molecule has 0 aliphatic rings. The number of halogens is 1. The summed E-state index contributed by atoms with van der Waals surface area (Å²) in [7, 11) is 0. The second-order valence-corrected chi connectivity index (χ2v) is 2.98. The van der Waals surface area contributed by atoms with E-state index < -0.39 is 0 Å². The van der Waals surface area contributed by atoms with E-state index in [0.29, 0.717) is 0 Å². The quantitative estimate of drug-likeness (QED) is 0.810. The van der Waals surface area contributed by atoms with Gasteiger partial charge in [0.2, 0.25) is 5.95 Å². The number of rotatable bonds is 1. The lowest BCUT2D eigenvalue weighted by Gasteiger charge is -1.98. The van der Waals surface area contributed by atoms with Crippen molar-refractivity contribution < 1.29 is 2.74 Å². The minimum atomic E-state index is -0.113. The first-order chi connectivity index (χ1) is 7.09. The largest absolute Gasteiger partial charge is 0.384 e. The molecule has 0 amide bonds. The van der Waals surface area contributed by atoms with E-state index in [2.05, 4.69) is 30.9 Å². The summed E-state index contributed by atoms with van der Waals surface area (Å²) in [5.74, 6) is 0.451. The van der Waals surface area contributed by atoms with Crippen molar-refractivity contribution in [3.63, 3.8) is 0 Å². The molecule has 0 aliphatic carbocycles. The Labute approximate surface area is 85.6 Å². The predicted molar refractivity (Wildman–Crippen MR) is 51.3 cm³/mol. The molecule has 2 aromatic heterocycles. The first-order valence-corrected chi connectivity index (χ1v) is 4.19. The molecule has 6 heteroatoms. The maximum Gasteiger partial charge on any atom is 0.236 e. The Bertz CT molecular complexity index is 512. The highest BCUT2D eigenvalue weighted by atomic mass is 79.9. The summed E-state index contributed by atoms with van der Waals surface area (Å²) in [6.45, 7) is 0. The van der Waals surface area contributed by atoms with Crippen molar-refractivity contribution >= 4 is 21.7 Å². The summed E-state index contributed by atoms with van der Waals surface area (Å²) >= 11 is 3.06. The summed E-state index contributed by atoms with van der Waals surface area (Å²) in [5, 5.41) is 0. The third-order valence-electron chi connectivity index (χ3n) is 1.32. The molecule has 0 saturated heterocycles. The van der Waals surface area contributed by atoms with Gasteiger partial charge in [0.05, 0.1) is 1.37 Å². The van der Waals surface area contributed by atoms with Crippen LogP contribution in [0.5, 0.6) is 0 Å². The van der Waals surface area contributed by atoms with Crippen LogP contribution in [-0.4, -0.2) is 19.5 Å². The van der Waals surface area contributed by atoms with Gasteiger partial charge in [0.15, 0.2) is 0 Å². The van der Waals surface area contributed by atoms with Gasteiger partial charge < -0.3 is 5.73 Å². The standard InChI is InChI=1S/C7H6BrN5/c8-5-3-13(4-11-5)7-10-2-1-6(9)12-7/h1-4H,(H2,9,10,12)/i3D,4D. The van der Waals surface area contributed by atoms with E-state index in [-0.39, 0.29) is 28.8 Å². The fourth-order valence-corrected chi connectivity index (χ4v) is 1.06. The van der Waals surface area contributed by atoms with Crippen molar-refractivity contribution in [1.82, 2.24) is 19.5 Å². The average Bonchev–Trinajstić information content (AvgIpc) is 2.41. The Morgan fingerprint density at radius 1 is 1.54 bits per heavy atom. The molecule has 0 atom stereocenters. The summed E-state index contributed by atoms with van der Waals surface area (Å²) in [4.78, 5) is 11.6. The number of aromatic nitrogens is 4. The van der Waals surface area contributed by atoms with Crippen LogP contribution in [0.25, 0.3) is 5.95 Å². The van der Waals surface area contributed by atoms with Gasteiger partial charge in [-0.05, 0) is 22.0 Å². The lowest BCUT2D eigenvalue weighted by atomic mass is 10.6. The molecule has 0 aliphatic heterocycles. The van der Waals surface area contributed by atoms with Gasteiger partial charge in [-0.3, -0.25) is 4.57 Å². The molecule has 0 saturated carbocycles. The summed E-state index contributed by atoms with van der Waals surface area (Å²) in [6.07, 6.45) is 1.37. The van der Waals surface area contributed by atoms with Crippen molar-refractivity contribution in [3.05, 3.63) is 29.3 Å². The zero-order valence-corrected chi connectivity index (χ0v) is 7.98. The number of anilines is 1. The highest BCUT2D eigenvalue weighted by molar-refractivity contribution is 9.10. The fourth-order valence-electron chi connectivity index (χ4n) is 0.801. The van der Waals surface area contributed by atoms with Gasteiger partial charge in [0.25, 0.3) is 0 Å². The highest BCUT2D eigenvalue weighted by Gasteiger charge is 2.00. The van der Waals surface area contributed by atoms with E-state index in [4.69, 9.17) is 8.48 Å². The third kappa shape index (κ3) is 1.67. The van der Waals surface area contributed by atoms with Gasteiger partial charge in [-0.1, -0.05) is 0 Å². The number of nitrogens with zero attached hydrogens (tertiary/aromatic N) is 4. The van der Waals surface area contributed by atoms with Crippen molar-refractivity contribution in [1.29, 1.82) is 0 Å². The number of nitrogens with two attached hydrogens (primary N) is 1. The Hall–Kier alpha value is -1.43. The zero-order valence-electron chi connectivity index (χ0n) is 8.40. The van der Waals surface area contributed by atoms with Crippen molar-refractivity contribution in [2.45, 2.75) is 0 Å². The second kappa shape index (κ2) is 3.14. The maximum atomic E-state index is 7.64. The lowest BCUT2D eigenvalue weighted by molar-refractivity contribution is 0.929. The van der Waals surface area contributed by atoms with E-state index in [1.54, 1.807) is 0 Å². The highest BCUT2D eigenvalue weighted by Crippen LogP contribution is 2.08. The van der Waals surface area contributed by atoms with E-state index in [1.165, 1.54) is 16.8 Å². The molecule has 0 unspecified atom stereocenters. The van der Waals surface area contributed by atoms with Crippen LogP contribution in [0.2, 0.25) is 0 Å². The van der Waals surface area contributed by atoms with Gasteiger partial charge in [-0.15, -0.1) is 0 Å². The van der Waals surface area contributed by atoms with Gasteiger partial charge in [-0.25, -0.2) is 9.97 Å². The molecule has 5 nitrogen and oxygen atoms in total. The predicted octanol–water partition coefficient (Wildman–Crippen LogP) is 1.01. The zero-order chi connectivity index (χ0) is 11.0. The smallest absolute Gasteiger partial charge is 0.236 e. The normalized spacial score (nSPS) is 12.4. The number of imidazole rings is 1. The van der Waals surface area contributed by atoms with Crippen LogP contribution < -0.4 is 5.73 Å². The van der Waals surface area contributed by atoms with Gasteiger partial charge in [0.1, 0.15) is 18.1 Å². The average molecular weight is 242 g/mol. The first-order valence-electron chi connectivity index (χ1n) is 4.40. The minimum absolute atomic E-state index is 0.0191. The molecule has 0 fully saturated rings. The monoisotopic (exact) mass is 241 g/mol. The molecule has 0 aromatic carbocycles. The second-order valence-electron chi connectivity index (χ2n) is 2.23. The SMILES string of the molecule is [2H]c1nc(Br)c([2H])n1-c1nccc(N)n1. The minimum Gasteiger partial charge on any atom is -0.384 e. The maximum absolute atomic E-state index is 7.64. The van der Waals surface area contributed by atoms with Crippen LogP contribution in [-0.2, 0) is 0 Å². The molecule has 2 aromatic rings. The number of hydrogen-bond acceptors (Lipinski definition) is 4. The molecular formula is C7H6BrN5. The molecule has 13 heavy (non-hydrogen) atoms. The van der Waals surface area contributed by atoms with E-state index in [9.17, 15) is 0 Å². The van der Waals surface area contributed by atoms with Crippen LogP contribution in [0.1, 0.15) is 2.74 Å². The summed E-state index contributed by atoms with van der Waals surface area (Å²) < 4.78 is 16.6. The lowest BCUT2D eigenvalue weighted by Crippen LogP contribution is -2.00. The number of nitrogen functional groups attached to an aromatic ring is 1. The Balaban J connectivity index is 2.63. The Kier molecular flexibility index (Phi) is 1.47. The summed E-state index contributed by atoms with van der Waals surface area (Å²) in [6, 6.07) is 1.53. The van der Waals surface area contributed by atoms with Gasteiger partial charge >= 0.3 is 0 Å². The van der Waals surface area contributed by atoms with Gasteiger partial charge in [-0.2, -0.15) is 4.98 Å². The van der Waals surface area contributed by atoms with E-state index in [0.717, 1.165) is 0 Å². The van der Waals surface area contributed by atoms with Crippen LogP contribution in [0.3, 0.4) is 0 Å². The Morgan fingerprint density at radius 2 is 2.38 bits per heavy atom. The molecule has 0 radical (unpaired) electrons. The van der Waals surface area contributed by atoms with E-state index >= 15 is 0 Å². The van der Waals surface area contributed by atoms with Crippen molar-refractivity contribution in [3.8, 4) is 5.95 Å². The van der Waals surface area contributed by atoms with Crippen molar-refractivity contribution in [2.75, 3.05) is 5.73 Å². The molecule has 2 heterocycles. The summed E-state index contributed by atoms with van der Waals surface area (Å²) in [5.41, 5.74) is 5.48. The van der Waals surface area contributed by atoms with E-state index in [1.807, 2.05) is 0 Å². The van der Waals surface area contributed by atoms with Crippen LogP contribution in [0.15, 0.2) is 29.3 Å². The van der Waals surface area contributed by atoms with Crippen LogP contribution >= 0.6 is 15.9 Å². The van der Waals surface area contributed by atoms with Crippen molar-refractivity contribution in [2.24, 2.45) is 0 Å². The molecule has 0 bridgehead atoms. The molecular weight excluding hydrogens is 234 g/mol. The molecule has 2 N–H and O–H groups in total. The van der Waals surface area contributed by atoms with Gasteiger partial charge in [0, 0.05) is 12.4 Å². The van der Waals surface area contributed by atoms with Crippen LogP contribution in [0, 0.1) is 0 Å². The molecule has 2 rings (SSSR count). The number of hydrogen-bond donors (Lipinski definition) is 1. The molecule has 0 spiro atoms. The first kappa shape index (κ1) is 6.09. The Morgan fingerprint density at radius 3 is 3.00 bits per heavy atom.